The number of nitroso groups, excluding NO2 is 1. The number of para-hydroxylation sites is 1. The van der Waals surface area contributed by atoms with E-state index in [1.165, 1.54) is 0 Å². The summed E-state index contributed by atoms with van der Waals surface area (Å²) >= 11 is 5.64. The molecule has 5 heteroatoms. The van der Waals surface area contributed by atoms with Crippen molar-refractivity contribution >= 4 is 33.8 Å². The minimum absolute atomic E-state index is 0.0673. The Morgan fingerprint density at radius 1 is 1.32 bits per heavy atom. The molecule has 3 rings (SSSR count). The molecule has 4 nitrogen and oxygen atoms in total. The van der Waals surface area contributed by atoms with Crippen molar-refractivity contribution in [3.63, 3.8) is 0 Å². The second-order valence-electron chi connectivity index (χ2n) is 5.85. The molecule has 2 aromatic rings. The Bertz CT molecular complexity index is 703. The van der Waals surface area contributed by atoms with Crippen LogP contribution in [0.5, 0.6) is 0 Å². The van der Waals surface area contributed by atoms with Gasteiger partial charge in [0.15, 0.2) is 0 Å². The van der Waals surface area contributed by atoms with Crippen LogP contribution in [0, 0.1) is 10.8 Å². The lowest BCUT2D eigenvalue weighted by atomic mass is 9.84. The van der Waals surface area contributed by atoms with Gasteiger partial charge in [-0.2, -0.15) is 4.91 Å². The summed E-state index contributed by atoms with van der Waals surface area (Å²) in [4.78, 5) is 18.3. The van der Waals surface area contributed by atoms with Crippen molar-refractivity contribution < 1.29 is 0 Å². The minimum atomic E-state index is -0.183. The molecule has 0 amide bonds. The molecule has 0 aliphatic heterocycles. The monoisotopic (exact) mass is 313 g/mol. The van der Waals surface area contributed by atoms with Crippen molar-refractivity contribution in [3.05, 3.63) is 41.4 Å². The average molecular weight is 313 g/mol. The van der Waals surface area contributed by atoms with Crippen LogP contribution in [0.3, 0.4) is 0 Å². The van der Waals surface area contributed by atoms with Crippen LogP contribution < -0.4 is 4.90 Å². The Morgan fingerprint density at radius 2 is 2.09 bits per heavy atom. The number of nitrogens with zero attached hydrogens (tertiary/aromatic N) is 3. The van der Waals surface area contributed by atoms with Crippen molar-refractivity contribution in [1.29, 1.82) is 0 Å². The van der Waals surface area contributed by atoms with Crippen molar-refractivity contribution in [2.75, 3.05) is 11.9 Å². The van der Waals surface area contributed by atoms with Gasteiger partial charge < -0.3 is 4.90 Å². The molecule has 0 radical (unpaired) electrons. The summed E-state index contributed by atoms with van der Waals surface area (Å²) in [7, 11) is 1.95. The van der Waals surface area contributed by atoms with Crippen LogP contribution in [-0.4, -0.2) is 23.1 Å². The average Bonchev–Trinajstić information content (AvgIpc) is 2.60. The van der Waals surface area contributed by atoms with E-state index in [1.54, 1.807) is 0 Å². The van der Waals surface area contributed by atoms with E-state index in [0.29, 0.717) is 0 Å². The van der Waals surface area contributed by atoms with Gasteiger partial charge >= 0.3 is 0 Å². The van der Waals surface area contributed by atoms with Gasteiger partial charge in [-0.05, 0) is 25.0 Å². The van der Waals surface area contributed by atoms with Gasteiger partial charge in [0.25, 0.3) is 0 Å². The molecule has 1 fully saturated rings. The number of benzene rings is 1. The number of thiocarbonyl (C=S) groups is 1. The lowest BCUT2D eigenvalue weighted by molar-refractivity contribution is 0.381. The maximum atomic E-state index is 11.1. The quantitative estimate of drug-likeness (QED) is 0.625. The largest absolute Gasteiger partial charge is 0.338 e. The van der Waals surface area contributed by atoms with Crippen LogP contribution >= 0.6 is 12.2 Å². The number of anilines is 1. The number of aromatic nitrogens is 1. The van der Waals surface area contributed by atoms with Gasteiger partial charge in [0.1, 0.15) is 6.04 Å². The summed E-state index contributed by atoms with van der Waals surface area (Å²) in [6.45, 7) is 0. The fraction of sp³-hybridized carbons (Fsp3) is 0.412. The lowest BCUT2D eigenvalue weighted by Crippen LogP contribution is -2.38. The Hall–Kier alpha value is -1.88. The molecular weight excluding hydrogens is 294 g/mol. The molecule has 1 saturated carbocycles. The van der Waals surface area contributed by atoms with E-state index in [-0.39, 0.29) is 12.0 Å². The van der Waals surface area contributed by atoms with Crippen molar-refractivity contribution in [2.24, 2.45) is 11.1 Å². The van der Waals surface area contributed by atoms with E-state index < -0.39 is 0 Å². The topological polar surface area (TPSA) is 45.6 Å². The maximum absolute atomic E-state index is 11.1. The van der Waals surface area contributed by atoms with Crippen LogP contribution in [0.15, 0.2) is 41.7 Å². The molecule has 2 unspecified atom stereocenters. The molecule has 1 heterocycles. The second kappa shape index (κ2) is 6.48. The third-order valence-electron chi connectivity index (χ3n) is 4.48. The molecule has 114 valence electrons. The van der Waals surface area contributed by atoms with E-state index in [4.69, 9.17) is 12.2 Å². The zero-order chi connectivity index (χ0) is 15.5. The molecule has 22 heavy (non-hydrogen) atoms. The normalized spacial score (nSPS) is 21.5. The van der Waals surface area contributed by atoms with E-state index in [1.807, 2.05) is 42.4 Å². The van der Waals surface area contributed by atoms with Crippen molar-refractivity contribution in [1.82, 2.24) is 4.98 Å². The zero-order valence-electron chi connectivity index (χ0n) is 12.6. The van der Waals surface area contributed by atoms with Crippen LogP contribution in [0.25, 0.3) is 10.9 Å². The Kier molecular flexibility index (Phi) is 4.43. The molecule has 0 bridgehead atoms. The summed E-state index contributed by atoms with van der Waals surface area (Å²) in [5, 5.41) is 4.38. The van der Waals surface area contributed by atoms with E-state index in [9.17, 15) is 4.91 Å². The van der Waals surface area contributed by atoms with Crippen molar-refractivity contribution in [2.45, 2.75) is 31.7 Å². The third kappa shape index (κ3) is 2.86. The molecule has 1 aromatic heterocycles. The first-order valence-corrected chi connectivity index (χ1v) is 8.06. The summed E-state index contributed by atoms with van der Waals surface area (Å²) in [5.74, 6) is 0.0673. The van der Waals surface area contributed by atoms with E-state index in [2.05, 4.69) is 16.2 Å². The van der Waals surface area contributed by atoms with Gasteiger partial charge in [-0.3, -0.25) is 4.98 Å². The highest BCUT2D eigenvalue weighted by molar-refractivity contribution is 7.80. The first kappa shape index (κ1) is 15.0. The predicted molar refractivity (Wildman–Crippen MR) is 94.3 cm³/mol. The van der Waals surface area contributed by atoms with Gasteiger partial charge in [0, 0.05) is 18.4 Å². The molecule has 2 atom stereocenters. The van der Waals surface area contributed by atoms with Crippen molar-refractivity contribution in [3.8, 4) is 0 Å². The summed E-state index contributed by atoms with van der Waals surface area (Å²) < 4.78 is 0. The van der Waals surface area contributed by atoms with Crippen LogP contribution in [0.4, 0.5) is 5.69 Å². The Balaban J connectivity index is 1.85. The number of fused-ring (bicyclic) bond motifs is 1. The first-order valence-electron chi connectivity index (χ1n) is 7.65. The molecular formula is C17H19N3OS. The highest BCUT2D eigenvalue weighted by Crippen LogP contribution is 2.30. The molecule has 0 N–H and O–H groups in total. The Morgan fingerprint density at radius 3 is 2.91 bits per heavy atom. The fourth-order valence-corrected chi connectivity index (χ4v) is 3.52. The standard InChI is InChI=1S/C17H19N3OS/c1-20(17(22)14-7-3-5-9-16(14)19-21)13-10-12-6-2-4-8-15(12)18-11-13/h2,4,6,8,10-11,14,16H,3,5,7,9H2,1H3. The van der Waals surface area contributed by atoms with Gasteiger partial charge in [0.2, 0.25) is 0 Å². The van der Waals surface area contributed by atoms with Crippen LogP contribution in [0.2, 0.25) is 0 Å². The third-order valence-corrected chi connectivity index (χ3v) is 5.05. The summed E-state index contributed by atoms with van der Waals surface area (Å²) in [6, 6.07) is 9.91. The number of hydrogen-bond acceptors (Lipinski definition) is 4. The van der Waals surface area contributed by atoms with E-state index in [0.717, 1.165) is 47.3 Å². The lowest BCUT2D eigenvalue weighted by Gasteiger charge is -2.32. The van der Waals surface area contributed by atoms with E-state index >= 15 is 0 Å². The summed E-state index contributed by atoms with van der Waals surface area (Å²) in [5.41, 5.74) is 1.93. The number of rotatable bonds is 3. The number of pyridine rings is 1. The minimum Gasteiger partial charge on any atom is -0.338 e. The van der Waals surface area contributed by atoms with Gasteiger partial charge in [-0.25, -0.2) is 0 Å². The SMILES string of the molecule is CN(C(=S)C1CCCCC1N=O)c1cnc2ccccc2c1. The van der Waals surface area contributed by atoms with Gasteiger partial charge in [-0.1, -0.05) is 48.4 Å². The number of hydrogen-bond donors (Lipinski definition) is 0. The van der Waals surface area contributed by atoms with Crippen LogP contribution in [-0.2, 0) is 0 Å². The smallest absolute Gasteiger partial charge is 0.101 e. The molecule has 0 spiro atoms. The first-order chi connectivity index (χ1) is 10.7. The van der Waals surface area contributed by atoms with Gasteiger partial charge in [0.05, 0.1) is 22.4 Å². The molecule has 1 aromatic carbocycles. The molecule has 1 aliphatic carbocycles. The fourth-order valence-electron chi connectivity index (χ4n) is 3.14. The second-order valence-corrected chi connectivity index (χ2v) is 6.27. The summed E-state index contributed by atoms with van der Waals surface area (Å²) in [6.07, 6.45) is 5.80. The highest BCUT2D eigenvalue weighted by atomic mass is 32.1. The highest BCUT2D eigenvalue weighted by Gasteiger charge is 2.31. The predicted octanol–water partition coefficient (Wildman–Crippen LogP) is 4.32. The maximum Gasteiger partial charge on any atom is 0.101 e. The molecule has 0 saturated heterocycles. The molecule has 1 aliphatic rings. The zero-order valence-corrected chi connectivity index (χ0v) is 13.4. The Labute approximate surface area is 135 Å². The van der Waals surface area contributed by atoms with Gasteiger partial charge in [-0.15, -0.1) is 0 Å². The van der Waals surface area contributed by atoms with Crippen LogP contribution in [0.1, 0.15) is 25.7 Å².